The SMILES string of the molecule is CCCC(=O)N1CCCCC1C(=O)N1CCCC(NC)C1.Cl. The second-order valence-electron chi connectivity index (χ2n) is 6.26. The Morgan fingerprint density at radius 2 is 1.91 bits per heavy atom. The summed E-state index contributed by atoms with van der Waals surface area (Å²) in [7, 11) is 1.95. The average Bonchev–Trinajstić information content (AvgIpc) is 2.54. The van der Waals surface area contributed by atoms with Crippen LogP contribution in [0.5, 0.6) is 0 Å². The van der Waals surface area contributed by atoms with Gasteiger partial charge >= 0.3 is 0 Å². The van der Waals surface area contributed by atoms with E-state index < -0.39 is 0 Å². The highest BCUT2D eigenvalue weighted by molar-refractivity contribution is 5.88. The first-order valence-electron chi connectivity index (χ1n) is 8.43. The molecule has 0 radical (unpaired) electrons. The van der Waals surface area contributed by atoms with E-state index in [4.69, 9.17) is 0 Å². The normalized spacial score (nSPS) is 25.5. The number of amides is 2. The van der Waals surface area contributed by atoms with Gasteiger partial charge in [0.2, 0.25) is 11.8 Å². The van der Waals surface area contributed by atoms with Gasteiger partial charge in [0, 0.05) is 32.1 Å². The van der Waals surface area contributed by atoms with E-state index in [1.165, 1.54) is 0 Å². The molecule has 0 bridgehead atoms. The Bertz CT molecular complexity index is 378. The third-order valence-electron chi connectivity index (χ3n) is 4.71. The Balaban J connectivity index is 0.00000242. The van der Waals surface area contributed by atoms with Crippen molar-refractivity contribution in [1.82, 2.24) is 15.1 Å². The molecular formula is C16H30ClN3O2. The molecule has 0 spiro atoms. The summed E-state index contributed by atoms with van der Waals surface area (Å²) >= 11 is 0. The zero-order valence-electron chi connectivity index (χ0n) is 13.8. The van der Waals surface area contributed by atoms with Crippen molar-refractivity contribution in [1.29, 1.82) is 0 Å². The zero-order chi connectivity index (χ0) is 15.2. The Morgan fingerprint density at radius 3 is 2.59 bits per heavy atom. The van der Waals surface area contributed by atoms with Gasteiger partial charge in [-0.25, -0.2) is 0 Å². The van der Waals surface area contributed by atoms with Gasteiger partial charge in [-0.1, -0.05) is 6.92 Å². The standard InChI is InChI=1S/C16H29N3O2.ClH/c1-3-7-15(20)19-11-5-4-9-14(19)16(21)18-10-6-8-13(12-18)17-2;/h13-14,17H,3-12H2,1-2H3;1H. The lowest BCUT2D eigenvalue weighted by Crippen LogP contribution is -2.56. The molecule has 6 heteroatoms. The molecule has 2 amide bonds. The number of carbonyl (C=O) groups is 2. The number of halogens is 1. The zero-order valence-corrected chi connectivity index (χ0v) is 14.7. The molecule has 0 aliphatic carbocycles. The Labute approximate surface area is 140 Å². The van der Waals surface area contributed by atoms with Crippen molar-refractivity contribution in [3.63, 3.8) is 0 Å². The summed E-state index contributed by atoms with van der Waals surface area (Å²) in [5, 5.41) is 3.27. The minimum atomic E-state index is -0.214. The van der Waals surface area contributed by atoms with E-state index in [2.05, 4.69) is 5.32 Å². The molecule has 2 aliphatic heterocycles. The van der Waals surface area contributed by atoms with Crippen LogP contribution in [0, 0.1) is 0 Å². The van der Waals surface area contributed by atoms with Gasteiger partial charge in [-0.2, -0.15) is 0 Å². The molecule has 0 aromatic heterocycles. The van der Waals surface area contributed by atoms with Gasteiger partial charge in [-0.3, -0.25) is 9.59 Å². The molecule has 2 heterocycles. The summed E-state index contributed by atoms with van der Waals surface area (Å²) in [4.78, 5) is 28.9. The molecule has 0 aromatic carbocycles. The second kappa shape index (κ2) is 9.36. The van der Waals surface area contributed by atoms with Gasteiger partial charge < -0.3 is 15.1 Å². The smallest absolute Gasteiger partial charge is 0.245 e. The van der Waals surface area contributed by atoms with Crippen molar-refractivity contribution in [2.75, 3.05) is 26.7 Å². The Morgan fingerprint density at radius 1 is 1.14 bits per heavy atom. The number of rotatable bonds is 4. The van der Waals surface area contributed by atoms with Crippen LogP contribution in [0.1, 0.15) is 51.9 Å². The lowest BCUT2D eigenvalue weighted by atomic mass is 9.98. The number of hydrogen-bond acceptors (Lipinski definition) is 3. The first kappa shape index (κ1) is 19.2. The number of carbonyl (C=O) groups excluding carboxylic acids is 2. The fourth-order valence-corrected chi connectivity index (χ4v) is 3.47. The molecule has 2 aliphatic rings. The first-order chi connectivity index (χ1) is 10.2. The fraction of sp³-hybridized carbons (Fsp3) is 0.875. The molecule has 5 nitrogen and oxygen atoms in total. The van der Waals surface area contributed by atoms with E-state index in [-0.39, 0.29) is 30.3 Å². The van der Waals surface area contributed by atoms with Crippen molar-refractivity contribution in [2.45, 2.75) is 64.0 Å². The molecule has 2 atom stereocenters. The monoisotopic (exact) mass is 331 g/mol. The molecule has 1 N–H and O–H groups in total. The van der Waals surface area contributed by atoms with Crippen molar-refractivity contribution in [3.8, 4) is 0 Å². The lowest BCUT2D eigenvalue weighted by molar-refractivity contribution is -0.148. The number of likely N-dealkylation sites (tertiary alicyclic amines) is 2. The van der Waals surface area contributed by atoms with E-state index in [1.54, 1.807) is 0 Å². The number of likely N-dealkylation sites (N-methyl/N-ethyl adjacent to an activating group) is 1. The van der Waals surface area contributed by atoms with Gasteiger partial charge in [0.15, 0.2) is 0 Å². The highest BCUT2D eigenvalue weighted by Gasteiger charge is 2.35. The largest absolute Gasteiger partial charge is 0.339 e. The van der Waals surface area contributed by atoms with Gasteiger partial charge in [0.05, 0.1) is 0 Å². The highest BCUT2D eigenvalue weighted by atomic mass is 35.5. The van der Waals surface area contributed by atoms with Crippen LogP contribution in [0.3, 0.4) is 0 Å². The molecule has 2 saturated heterocycles. The summed E-state index contributed by atoms with van der Waals surface area (Å²) in [6, 6.07) is 0.180. The van der Waals surface area contributed by atoms with E-state index in [0.29, 0.717) is 12.5 Å². The summed E-state index contributed by atoms with van der Waals surface area (Å²) in [5.41, 5.74) is 0. The van der Waals surface area contributed by atoms with Crippen molar-refractivity contribution in [2.24, 2.45) is 0 Å². The van der Waals surface area contributed by atoms with Gasteiger partial charge in [-0.05, 0) is 45.6 Å². The number of nitrogens with one attached hydrogen (secondary N) is 1. The summed E-state index contributed by atoms with van der Waals surface area (Å²) in [6.45, 7) is 4.38. The molecule has 2 fully saturated rings. The van der Waals surface area contributed by atoms with Crippen LogP contribution in [0.15, 0.2) is 0 Å². The topological polar surface area (TPSA) is 52.7 Å². The predicted molar refractivity (Wildman–Crippen MR) is 90.2 cm³/mol. The van der Waals surface area contributed by atoms with Gasteiger partial charge in [0.1, 0.15) is 6.04 Å². The van der Waals surface area contributed by atoms with E-state index in [9.17, 15) is 9.59 Å². The maximum atomic E-state index is 12.8. The molecular weight excluding hydrogens is 302 g/mol. The summed E-state index contributed by atoms with van der Waals surface area (Å²) < 4.78 is 0. The van der Waals surface area contributed by atoms with E-state index in [0.717, 1.165) is 58.2 Å². The van der Waals surface area contributed by atoms with Crippen LogP contribution in [0.2, 0.25) is 0 Å². The van der Waals surface area contributed by atoms with Crippen LogP contribution >= 0.6 is 12.4 Å². The van der Waals surface area contributed by atoms with Crippen LogP contribution < -0.4 is 5.32 Å². The van der Waals surface area contributed by atoms with Crippen LogP contribution in [0.4, 0.5) is 0 Å². The predicted octanol–water partition coefficient (Wildman–Crippen LogP) is 1.80. The quantitative estimate of drug-likeness (QED) is 0.854. The average molecular weight is 332 g/mol. The molecule has 0 aromatic rings. The van der Waals surface area contributed by atoms with Crippen molar-refractivity contribution < 1.29 is 9.59 Å². The van der Waals surface area contributed by atoms with Crippen molar-refractivity contribution >= 4 is 24.2 Å². The van der Waals surface area contributed by atoms with Gasteiger partial charge in [0.25, 0.3) is 0 Å². The fourth-order valence-electron chi connectivity index (χ4n) is 3.47. The highest BCUT2D eigenvalue weighted by Crippen LogP contribution is 2.22. The maximum Gasteiger partial charge on any atom is 0.245 e. The number of nitrogens with zero attached hydrogens (tertiary/aromatic N) is 2. The molecule has 22 heavy (non-hydrogen) atoms. The van der Waals surface area contributed by atoms with Gasteiger partial charge in [-0.15, -0.1) is 12.4 Å². The summed E-state index contributed by atoms with van der Waals surface area (Å²) in [5.74, 6) is 0.317. The maximum absolute atomic E-state index is 12.8. The molecule has 0 saturated carbocycles. The second-order valence-corrected chi connectivity index (χ2v) is 6.26. The van der Waals surface area contributed by atoms with Crippen LogP contribution in [-0.2, 0) is 9.59 Å². The molecule has 128 valence electrons. The molecule has 2 rings (SSSR count). The number of piperidine rings is 2. The number of hydrogen-bond donors (Lipinski definition) is 1. The third kappa shape index (κ3) is 4.59. The Kier molecular flexibility index (Phi) is 8.18. The van der Waals surface area contributed by atoms with Crippen molar-refractivity contribution in [3.05, 3.63) is 0 Å². The first-order valence-corrected chi connectivity index (χ1v) is 8.43. The Hall–Kier alpha value is -0.810. The van der Waals surface area contributed by atoms with Crippen LogP contribution in [-0.4, -0.2) is 60.4 Å². The molecule has 2 unspecified atom stereocenters. The van der Waals surface area contributed by atoms with E-state index in [1.807, 2.05) is 23.8 Å². The van der Waals surface area contributed by atoms with Crippen LogP contribution in [0.25, 0.3) is 0 Å². The summed E-state index contributed by atoms with van der Waals surface area (Å²) in [6.07, 6.45) is 6.49. The lowest BCUT2D eigenvalue weighted by Gasteiger charge is -2.40. The minimum Gasteiger partial charge on any atom is -0.339 e. The third-order valence-corrected chi connectivity index (χ3v) is 4.71. The minimum absolute atomic E-state index is 0. The van der Waals surface area contributed by atoms with E-state index >= 15 is 0 Å².